The predicted molar refractivity (Wildman–Crippen MR) is 71.6 cm³/mol. The zero-order chi connectivity index (χ0) is 12.4. The standard InChI is InChI=1S/C14H15NO2S/c16-14(10-4-3-5-10)17-9-8-13-15-11-6-1-2-7-12(11)18-13/h1-2,6-7,10H,3-5,8-9H2. The first kappa shape index (κ1) is 11.7. The van der Waals surface area contributed by atoms with Gasteiger partial charge in [0.05, 0.1) is 27.7 Å². The third-order valence-corrected chi connectivity index (χ3v) is 4.43. The Morgan fingerprint density at radius 1 is 1.39 bits per heavy atom. The summed E-state index contributed by atoms with van der Waals surface area (Å²) >= 11 is 1.67. The molecule has 0 aliphatic heterocycles. The van der Waals surface area contributed by atoms with Gasteiger partial charge in [0.25, 0.3) is 0 Å². The Balaban J connectivity index is 1.54. The maximum Gasteiger partial charge on any atom is 0.308 e. The highest BCUT2D eigenvalue weighted by atomic mass is 32.1. The molecule has 1 aromatic heterocycles. The molecule has 0 spiro atoms. The Labute approximate surface area is 110 Å². The van der Waals surface area contributed by atoms with Gasteiger partial charge >= 0.3 is 5.97 Å². The molecule has 0 amide bonds. The average Bonchev–Trinajstić information content (AvgIpc) is 2.69. The fourth-order valence-electron chi connectivity index (χ4n) is 2.03. The highest BCUT2D eigenvalue weighted by Crippen LogP contribution is 2.27. The molecule has 1 aromatic carbocycles. The largest absolute Gasteiger partial charge is 0.465 e. The molecule has 94 valence electrons. The highest BCUT2D eigenvalue weighted by molar-refractivity contribution is 7.18. The Kier molecular flexibility index (Phi) is 3.28. The van der Waals surface area contributed by atoms with Crippen LogP contribution in [-0.2, 0) is 16.0 Å². The van der Waals surface area contributed by atoms with E-state index < -0.39 is 0 Å². The molecule has 1 fully saturated rings. The lowest BCUT2D eigenvalue weighted by Crippen LogP contribution is -2.24. The van der Waals surface area contributed by atoms with Gasteiger partial charge in [0.15, 0.2) is 0 Å². The zero-order valence-corrected chi connectivity index (χ0v) is 10.9. The number of benzene rings is 1. The first-order valence-electron chi connectivity index (χ1n) is 6.34. The summed E-state index contributed by atoms with van der Waals surface area (Å²) in [6.45, 7) is 0.454. The van der Waals surface area contributed by atoms with Crippen LogP contribution in [0.1, 0.15) is 24.3 Å². The van der Waals surface area contributed by atoms with E-state index in [0.29, 0.717) is 6.61 Å². The van der Waals surface area contributed by atoms with Crippen LogP contribution in [0.25, 0.3) is 10.2 Å². The number of nitrogens with zero attached hydrogens (tertiary/aromatic N) is 1. The van der Waals surface area contributed by atoms with Gasteiger partial charge in [-0.1, -0.05) is 18.6 Å². The lowest BCUT2D eigenvalue weighted by Gasteiger charge is -2.22. The van der Waals surface area contributed by atoms with E-state index in [2.05, 4.69) is 11.1 Å². The molecule has 1 aliphatic rings. The van der Waals surface area contributed by atoms with Crippen LogP contribution >= 0.6 is 11.3 Å². The number of fused-ring (bicyclic) bond motifs is 1. The number of hydrogen-bond donors (Lipinski definition) is 0. The van der Waals surface area contributed by atoms with E-state index in [1.165, 1.54) is 4.70 Å². The summed E-state index contributed by atoms with van der Waals surface area (Å²) in [5.41, 5.74) is 1.03. The molecule has 3 rings (SSSR count). The number of rotatable bonds is 4. The summed E-state index contributed by atoms with van der Waals surface area (Å²) < 4.78 is 6.47. The topological polar surface area (TPSA) is 39.2 Å². The van der Waals surface area contributed by atoms with Crippen molar-refractivity contribution in [2.45, 2.75) is 25.7 Å². The van der Waals surface area contributed by atoms with Gasteiger partial charge in [-0.05, 0) is 25.0 Å². The number of carbonyl (C=O) groups excluding carboxylic acids is 1. The molecule has 4 heteroatoms. The summed E-state index contributed by atoms with van der Waals surface area (Å²) in [4.78, 5) is 16.1. The van der Waals surface area contributed by atoms with Gasteiger partial charge < -0.3 is 4.74 Å². The molecule has 0 saturated heterocycles. The van der Waals surface area contributed by atoms with E-state index in [1.54, 1.807) is 11.3 Å². The monoisotopic (exact) mass is 261 g/mol. The molecular weight excluding hydrogens is 246 g/mol. The number of para-hydroxylation sites is 1. The number of aromatic nitrogens is 1. The fraction of sp³-hybridized carbons (Fsp3) is 0.429. The lowest BCUT2D eigenvalue weighted by molar-refractivity contribution is -0.151. The van der Waals surface area contributed by atoms with Crippen molar-refractivity contribution < 1.29 is 9.53 Å². The van der Waals surface area contributed by atoms with E-state index in [0.717, 1.165) is 36.2 Å². The van der Waals surface area contributed by atoms with Gasteiger partial charge in [0.2, 0.25) is 0 Å². The predicted octanol–water partition coefficient (Wildman–Crippen LogP) is 3.18. The molecule has 1 heterocycles. The highest BCUT2D eigenvalue weighted by Gasteiger charge is 2.26. The minimum atomic E-state index is -0.0256. The summed E-state index contributed by atoms with van der Waals surface area (Å²) in [5, 5.41) is 1.04. The zero-order valence-electron chi connectivity index (χ0n) is 10.1. The van der Waals surface area contributed by atoms with E-state index in [4.69, 9.17) is 4.74 Å². The molecule has 18 heavy (non-hydrogen) atoms. The van der Waals surface area contributed by atoms with Crippen LogP contribution in [0.15, 0.2) is 24.3 Å². The van der Waals surface area contributed by atoms with Gasteiger partial charge in [-0.15, -0.1) is 11.3 Å². The maximum absolute atomic E-state index is 11.5. The van der Waals surface area contributed by atoms with E-state index in [1.807, 2.05) is 18.2 Å². The smallest absolute Gasteiger partial charge is 0.308 e. The van der Waals surface area contributed by atoms with E-state index in [9.17, 15) is 4.79 Å². The van der Waals surface area contributed by atoms with Crippen LogP contribution in [0.3, 0.4) is 0 Å². The Morgan fingerprint density at radius 2 is 2.22 bits per heavy atom. The van der Waals surface area contributed by atoms with Crippen LogP contribution in [0.5, 0.6) is 0 Å². The summed E-state index contributed by atoms with van der Waals surface area (Å²) in [6, 6.07) is 8.08. The van der Waals surface area contributed by atoms with Gasteiger partial charge in [0, 0.05) is 6.42 Å². The van der Waals surface area contributed by atoms with Crippen LogP contribution in [0.4, 0.5) is 0 Å². The van der Waals surface area contributed by atoms with Crippen molar-refractivity contribution in [1.82, 2.24) is 4.98 Å². The molecule has 0 radical (unpaired) electrons. The summed E-state index contributed by atoms with van der Waals surface area (Å²) in [5.74, 6) is 0.141. The van der Waals surface area contributed by atoms with Gasteiger partial charge in [-0.3, -0.25) is 4.79 Å². The molecule has 2 aromatic rings. The Morgan fingerprint density at radius 3 is 2.94 bits per heavy atom. The third-order valence-electron chi connectivity index (χ3n) is 3.34. The first-order chi connectivity index (χ1) is 8.83. The fourth-order valence-corrected chi connectivity index (χ4v) is 2.98. The van der Waals surface area contributed by atoms with Crippen molar-refractivity contribution in [3.63, 3.8) is 0 Å². The second-order valence-corrected chi connectivity index (χ2v) is 5.74. The Bertz CT molecular complexity index is 527. The van der Waals surface area contributed by atoms with Crippen molar-refractivity contribution >= 4 is 27.5 Å². The molecule has 1 saturated carbocycles. The average molecular weight is 261 g/mol. The minimum absolute atomic E-state index is 0.0256. The van der Waals surface area contributed by atoms with Crippen LogP contribution < -0.4 is 0 Å². The number of esters is 1. The summed E-state index contributed by atoms with van der Waals surface area (Å²) in [6.07, 6.45) is 3.88. The molecule has 0 unspecified atom stereocenters. The first-order valence-corrected chi connectivity index (χ1v) is 7.15. The van der Waals surface area contributed by atoms with Gasteiger partial charge in [-0.2, -0.15) is 0 Å². The van der Waals surface area contributed by atoms with Gasteiger partial charge in [0.1, 0.15) is 0 Å². The second kappa shape index (κ2) is 5.06. The van der Waals surface area contributed by atoms with Crippen LogP contribution in [-0.4, -0.2) is 17.6 Å². The van der Waals surface area contributed by atoms with Crippen molar-refractivity contribution in [3.05, 3.63) is 29.3 Å². The molecule has 0 bridgehead atoms. The molecule has 0 atom stereocenters. The van der Waals surface area contributed by atoms with Crippen LogP contribution in [0.2, 0.25) is 0 Å². The SMILES string of the molecule is O=C(OCCc1nc2ccccc2s1)C1CCC1. The van der Waals surface area contributed by atoms with Crippen molar-refractivity contribution in [3.8, 4) is 0 Å². The normalized spacial score (nSPS) is 15.6. The quantitative estimate of drug-likeness (QED) is 0.793. The second-order valence-electron chi connectivity index (χ2n) is 4.62. The molecular formula is C14H15NO2S. The number of hydrogen-bond acceptors (Lipinski definition) is 4. The number of ether oxygens (including phenoxy) is 1. The van der Waals surface area contributed by atoms with E-state index in [-0.39, 0.29) is 11.9 Å². The number of thiazole rings is 1. The minimum Gasteiger partial charge on any atom is -0.465 e. The van der Waals surface area contributed by atoms with Gasteiger partial charge in [-0.25, -0.2) is 4.98 Å². The lowest BCUT2D eigenvalue weighted by atomic mass is 9.86. The summed E-state index contributed by atoms with van der Waals surface area (Å²) in [7, 11) is 0. The van der Waals surface area contributed by atoms with Crippen LogP contribution in [0, 0.1) is 5.92 Å². The van der Waals surface area contributed by atoms with Crippen molar-refractivity contribution in [1.29, 1.82) is 0 Å². The van der Waals surface area contributed by atoms with Crippen molar-refractivity contribution in [2.24, 2.45) is 5.92 Å². The van der Waals surface area contributed by atoms with E-state index >= 15 is 0 Å². The molecule has 0 N–H and O–H groups in total. The maximum atomic E-state index is 11.5. The molecule has 3 nitrogen and oxygen atoms in total. The Hall–Kier alpha value is -1.42. The van der Waals surface area contributed by atoms with Crippen molar-refractivity contribution in [2.75, 3.05) is 6.61 Å². The third kappa shape index (κ3) is 2.38. The number of carbonyl (C=O) groups is 1. The molecule has 1 aliphatic carbocycles.